The van der Waals surface area contributed by atoms with Gasteiger partial charge in [0.25, 0.3) is 0 Å². The molecular weight excluding hydrogens is 388 g/mol. The molecule has 7 heteroatoms. The van der Waals surface area contributed by atoms with Crippen molar-refractivity contribution in [2.75, 3.05) is 24.7 Å². The maximum Gasteiger partial charge on any atom is 0.337 e. The van der Waals surface area contributed by atoms with Gasteiger partial charge in [-0.1, -0.05) is 29.3 Å². The molecule has 0 fully saturated rings. The number of carbonyl (C=O) groups excluding carboxylic acids is 1. The van der Waals surface area contributed by atoms with E-state index < -0.39 is 5.97 Å². The van der Waals surface area contributed by atoms with Crippen LogP contribution in [-0.4, -0.2) is 30.5 Å². The van der Waals surface area contributed by atoms with Crippen LogP contribution in [0.3, 0.4) is 0 Å². The number of esters is 1. The Labute approximate surface area is 168 Å². The molecule has 0 aliphatic rings. The molecule has 0 saturated carbocycles. The number of ether oxygens (including phenoxy) is 1. The normalized spacial score (nSPS) is 10.3. The number of thiocarbonyl (C=S) groups is 1. The topological polar surface area (TPSA) is 50.4 Å². The molecule has 2 rings (SSSR count). The van der Waals surface area contributed by atoms with Gasteiger partial charge in [0.15, 0.2) is 5.11 Å². The van der Waals surface area contributed by atoms with Crippen molar-refractivity contribution in [3.8, 4) is 0 Å². The minimum Gasteiger partial charge on any atom is -0.465 e. The summed E-state index contributed by atoms with van der Waals surface area (Å²) in [5.74, 6) is 0.578. The molecule has 0 spiro atoms. The standard InChI is InChI=1S/C19H21ClN2O2S2/c1-13-4-7-15(8-5-13)26-11-3-10-21-19(25)22-17-12-14(18(23)24-2)6-9-16(17)20/h4-9,12H,3,10-11H2,1-2H3,(H2,21,22,25). The number of thioether (sulfide) groups is 1. The fourth-order valence-electron chi connectivity index (χ4n) is 2.13. The van der Waals surface area contributed by atoms with Crippen LogP contribution in [0.4, 0.5) is 5.69 Å². The predicted molar refractivity (Wildman–Crippen MR) is 114 cm³/mol. The third kappa shape index (κ3) is 6.52. The van der Waals surface area contributed by atoms with E-state index in [9.17, 15) is 4.79 Å². The second kappa shape index (κ2) is 10.4. The second-order valence-corrected chi connectivity index (χ2v) is 7.57. The number of halogens is 1. The van der Waals surface area contributed by atoms with Gasteiger partial charge in [0.1, 0.15) is 0 Å². The number of carbonyl (C=O) groups is 1. The van der Waals surface area contributed by atoms with Crippen molar-refractivity contribution in [3.05, 3.63) is 58.6 Å². The number of benzene rings is 2. The van der Waals surface area contributed by atoms with Crippen molar-refractivity contribution < 1.29 is 9.53 Å². The second-order valence-electron chi connectivity index (χ2n) is 5.58. The van der Waals surface area contributed by atoms with Crippen LogP contribution < -0.4 is 10.6 Å². The number of hydrogen-bond acceptors (Lipinski definition) is 4. The summed E-state index contributed by atoms with van der Waals surface area (Å²) in [6.07, 6.45) is 0.969. The summed E-state index contributed by atoms with van der Waals surface area (Å²) < 4.78 is 4.71. The van der Waals surface area contributed by atoms with Gasteiger partial charge in [-0.2, -0.15) is 0 Å². The van der Waals surface area contributed by atoms with E-state index in [-0.39, 0.29) is 0 Å². The summed E-state index contributed by atoms with van der Waals surface area (Å²) in [6, 6.07) is 13.4. The van der Waals surface area contributed by atoms with Crippen molar-refractivity contribution in [3.63, 3.8) is 0 Å². The molecule has 0 aromatic heterocycles. The highest BCUT2D eigenvalue weighted by atomic mass is 35.5. The van der Waals surface area contributed by atoms with Crippen LogP contribution in [0, 0.1) is 6.92 Å². The molecule has 0 amide bonds. The lowest BCUT2D eigenvalue weighted by Gasteiger charge is -2.12. The Hall–Kier alpha value is -1.76. The van der Waals surface area contributed by atoms with Crippen molar-refractivity contribution >= 4 is 52.3 Å². The highest BCUT2D eigenvalue weighted by Gasteiger charge is 2.09. The van der Waals surface area contributed by atoms with E-state index in [4.69, 9.17) is 28.6 Å². The SMILES string of the molecule is COC(=O)c1ccc(Cl)c(NC(=S)NCCCSc2ccc(C)cc2)c1. The molecule has 0 unspecified atom stereocenters. The molecule has 0 atom stereocenters. The minimum atomic E-state index is -0.420. The molecular formula is C19H21ClN2O2S2. The summed E-state index contributed by atoms with van der Waals surface area (Å²) >= 11 is 13.3. The Morgan fingerprint density at radius 2 is 1.96 bits per heavy atom. The lowest BCUT2D eigenvalue weighted by Crippen LogP contribution is -2.29. The Morgan fingerprint density at radius 3 is 2.65 bits per heavy atom. The number of anilines is 1. The zero-order chi connectivity index (χ0) is 18.9. The van der Waals surface area contributed by atoms with Crippen molar-refractivity contribution in [1.82, 2.24) is 5.32 Å². The highest BCUT2D eigenvalue weighted by Crippen LogP contribution is 2.23. The van der Waals surface area contributed by atoms with Gasteiger partial charge in [0.05, 0.1) is 23.4 Å². The summed E-state index contributed by atoms with van der Waals surface area (Å²) in [5.41, 5.74) is 2.25. The number of methoxy groups -OCH3 is 1. The molecule has 0 aliphatic carbocycles. The summed E-state index contributed by atoms with van der Waals surface area (Å²) in [4.78, 5) is 12.9. The minimum absolute atomic E-state index is 0.414. The van der Waals surface area contributed by atoms with E-state index in [0.717, 1.165) is 18.7 Å². The molecule has 4 nitrogen and oxygen atoms in total. The van der Waals surface area contributed by atoms with Gasteiger partial charge in [-0.05, 0) is 61.6 Å². The maximum atomic E-state index is 11.6. The molecule has 0 bridgehead atoms. The molecule has 2 aromatic rings. The van der Waals surface area contributed by atoms with Crippen LogP contribution in [0.15, 0.2) is 47.4 Å². The fourth-order valence-corrected chi connectivity index (χ4v) is 3.36. The summed E-state index contributed by atoms with van der Waals surface area (Å²) in [7, 11) is 1.34. The van der Waals surface area contributed by atoms with Crippen LogP contribution >= 0.6 is 35.6 Å². The molecule has 0 saturated heterocycles. The molecule has 138 valence electrons. The van der Waals surface area contributed by atoms with Crippen molar-refractivity contribution in [1.29, 1.82) is 0 Å². The van der Waals surface area contributed by atoms with Gasteiger partial charge in [0, 0.05) is 11.4 Å². The third-order valence-corrected chi connectivity index (χ3v) is 5.21. The first-order valence-electron chi connectivity index (χ1n) is 8.12. The van der Waals surface area contributed by atoms with Gasteiger partial charge in [-0.15, -0.1) is 11.8 Å². The molecule has 0 heterocycles. The monoisotopic (exact) mass is 408 g/mol. The maximum absolute atomic E-state index is 11.6. The number of hydrogen-bond donors (Lipinski definition) is 2. The lowest BCUT2D eigenvalue weighted by molar-refractivity contribution is 0.0601. The van der Waals surface area contributed by atoms with Gasteiger partial charge < -0.3 is 15.4 Å². The van der Waals surface area contributed by atoms with E-state index >= 15 is 0 Å². The quantitative estimate of drug-likeness (QED) is 0.294. The molecule has 2 aromatic carbocycles. The van der Waals surface area contributed by atoms with Crippen molar-refractivity contribution in [2.24, 2.45) is 0 Å². The summed E-state index contributed by atoms with van der Waals surface area (Å²) in [6.45, 7) is 2.83. The van der Waals surface area contributed by atoms with Crippen LogP contribution in [-0.2, 0) is 4.74 Å². The summed E-state index contributed by atoms with van der Waals surface area (Å²) in [5, 5.41) is 7.12. The first-order chi connectivity index (χ1) is 12.5. The van der Waals surface area contributed by atoms with E-state index in [2.05, 4.69) is 41.8 Å². The first-order valence-corrected chi connectivity index (χ1v) is 9.89. The van der Waals surface area contributed by atoms with E-state index in [1.807, 2.05) is 11.8 Å². The third-order valence-electron chi connectivity index (χ3n) is 3.53. The first kappa shape index (κ1) is 20.6. The molecule has 26 heavy (non-hydrogen) atoms. The largest absolute Gasteiger partial charge is 0.465 e. The zero-order valence-electron chi connectivity index (χ0n) is 14.7. The number of aryl methyl sites for hydroxylation is 1. The fraction of sp³-hybridized carbons (Fsp3) is 0.263. The van der Waals surface area contributed by atoms with E-state index in [1.165, 1.54) is 17.6 Å². The number of nitrogens with one attached hydrogen (secondary N) is 2. The Kier molecular flexibility index (Phi) is 8.22. The molecule has 0 radical (unpaired) electrons. The molecule has 2 N–H and O–H groups in total. The van der Waals surface area contributed by atoms with Crippen molar-refractivity contribution in [2.45, 2.75) is 18.2 Å². The number of rotatable bonds is 7. The van der Waals surface area contributed by atoms with E-state index in [0.29, 0.717) is 21.4 Å². The lowest BCUT2D eigenvalue weighted by atomic mass is 10.2. The van der Waals surface area contributed by atoms with Gasteiger partial charge in [-0.3, -0.25) is 0 Å². The van der Waals surface area contributed by atoms with E-state index in [1.54, 1.807) is 18.2 Å². The van der Waals surface area contributed by atoms with Gasteiger partial charge in [0.2, 0.25) is 0 Å². The smallest absolute Gasteiger partial charge is 0.337 e. The predicted octanol–water partition coefficient (Wildman–Crippen LogP) is 4.90. The van der Waals surface area contributed by atoms with Crippen LogP contribution in [0.25, 0.3) is 0 Å². The van der Waals surface area contributed by atoms with Crippen LogP contribution in [0.2, 0.25) is 5.02 Å². The Morgan fingerprint density at radius 1 is 1.23 bits per heavy atom. The van der Waals surface area contributed by atoms with Gasteiger partial charge in [-0.25, -0.2) is 4.79 Å². The Bertz CT molecular complexity index is 767. The molecule has 0 aliphatic heterocycles. The Balaban J connectivity index is 1.75. The average Bonchev–Trinajstić information content (AvgIpc) is 2.64. The average molecular weight is 409 g/mol. The van der Waals surface area contributed by atoms with Crippen LogP contribution in [0.5, 0.6) is 0 Å². The van der Waals surface area contributed by atoms with Crippen LogP contribution in [0.1, 0.15) is 22.3 Å². The highest BCUT2D eigenvalue weighted by molar-refractivity contribution is 7.99. The zero-order valence-corrected chi connectivity index (χ0v) is 17.1. The van der Waals surface area contributed by atoms with Gasteiger partial charge >= 0.3 is 5.97 Å².